The zero-order valence-electron chi connectivity index (χ0n) is 19.2. The maximum atomic E-state index is 13.0. The minimum atomic E-state index is -1.08. The minimum Gasteiger partial charge on any atom is -0.480 e. The molecule has 0 saturated carbocycles. The van der Waals surface area contributed by atoms with E-state index in [4.69, 9.17) is 4.74 Å². The third-order valence-electron chi connectivity index (χ3n) is 5.14. The Balaban J connectivity index is 1.41. The van der Waals surface area contributed by atoms with Gasteiger partial charge in [0.2, 0.25) is 0 Å². The summed E-state index contributed by atoms with van der Waals surface area (Å²) in [4.78, 5) is 40.2. The number of carbonyl (C=O) groups is 3. The molecule has 0 radical (unpaired) electrons. The monoisotopic (exact) mass is 515 g/mol. The van der Waals surface area contributed by atoms with Crippen LogP contribution in [0.4, 0.5) is 9.59 Å². The molecular weight excluding hydrogens is 486 g/mol. The van der Waals surface area contributed by atoms with Crippen LogP contribution in [0.15, 0.2) is 65.4 Å². The SMILES string of the molecule is O=C(NCCCC[C@H](NC(=O)N(Cc1cccs1)Cc1cccs1)C(=O)O)OCc1ccccc1. The minimum absolute atomic E-state index is 0.188. The normalized spacial score (nSPS) is 11.4. The average Bonchev–Trinajstić information content (AvgIpc) is 3.56. The molecule has 2 heterocycles. The molecule has 1 aromatic carbocycles. The molecule has 0 saturated heterocycles. The Labute approximate surface area is 212 Å². The van der Waals surface area contributed by atoms with Gasteiger partial charge in [-0.05, 0) is 47.7 Å². The van der Waals surface area contributed by atoms with E-state index in [1.54, 1.807) is 27.6 Å². The highest BCUT2D eigenvalue weighted by Gasteiger charge is 2.23. The summed E-state index contributed by atoms with van der Waals surface area (Å²) < 4.78 is 5.15. The number of hydrogen-bond acceptors (Lipinski definition) is 6. The molecular formula is C25H29N3O5S2. The van der Waals surface area contributed by atoms with Crippen LogP contribution in [-0.2, 0) is 29.2 Å². The van der Waals surface area contributed by atoms with Gasteiger partial charge in [-0.15, -0.1) is 22.7 Å². The number of rotatable bonds is 13. The smallest absolute Gasteiger partial charge is 0.407 e. The van der Waals surface area contributed by atoms with Gasteiger partial charge in [0.15, 0.2) is 0 Å². The molecule has 0 fully saturated rings. The number of urea groups is 1. The molecule has 0 aliphatic rings. The molecule has 0 aliphatic heterocycles. The van der Waals surface area contributed by atoms with Crippen molar-refractivity contribution in [2.75, 3.05) is 6.54 Å². The quantitative estimate of drug-likeness (QED) is 0.276. The number of thiophene rings is 2. The molecule has 2 aromatic heterocycles. The van der Waals surface area contributed by atoms with E-state index in [0.29, 0.717) is 32.5 Å². The number of benzene rings is 1. The van der Waals surface area contributed by atoms with Gasteiger partial charge in [-0.25, -0.2) is 14.4 Å². The number of unbranched alkanes of at least 4 members (excludes halogenated alkanes) is 1. The average molecular weight is 516 g/mol. The summed E-state index contributed by atoms with van der Waals surface area (Å²) in [5, 5.41) is 18.8. The Morgan fingerprint density at radius 1 is 0.914 bits per heavy atom. The van der Waals surface area contributed by atoms with E-state index in [0.717, 1.165) is 15.3 Å². The standard InChI is InChI=1S/C25H29N3O5S2/c29-23(30)22(12-4-5-13-26-25(32)33-18-19-8-2-1-3-9-19)27-24(31)28(16-20-10-6-14-34-20)17-21-11-7-15-35-21/h1-3,6-11,14-15,22H,4-5,12-13,16-18H2,(H,26,32)(H,27,31)(H,29,30)/t22-/m0/s1. The fourth-order valence-corrected chi connectivity index (χ4v) is 4.76. The summed E-state index contributed by atoms with van der Waals surface area (Å²) in [6, 6.07) is 15.7. The van der Waals surface area contributed by atoms with Crippen LogP contribution < -0.4 is 10.6 Å². The number of hydrogen-bond donors (Lipinski definition) is 3. The van der Waals surface area contributed by atoms with Gasteiger partial charge in [-0.2, -0.15) is 0 Å². The first-order valence-corrected chi connectivity index (χ1v) is 13.0. The molecule has 0 spiro atoms. The summed E-state index contributed by atoms with van der Waals surface area (Å²) in [7, 11) is 0. The van der Waals surface area contributed by atoms with Crippen molar-refractivity contribution in [3.63, 3.8) is 0 Å². The number of nitrogens with zero attached hydrogens (tertiary/aromatic N) is 1. The van der Waals surface area contributed by atoms with Crippen LogP contribution >= 0.6 is 22.7 Å². The molecule has 0 bridgehead atoms. The van der Waals surface area contributed by atoms with Crippen LogP contribution in [0.25, 0.3) is 0 Å². The van der Waals surface area contributed by atoms with E-state index < -0.39 is 24.1 Å². The maximum absolute atomic E-state index is 13.0. The molecule has 3 N–H and O–H groups in total. The van der Waals surface area contributed by atoms with E-state index in [1.165, 1.54) is 0 Å². The summed E-state index contributed by atoms with van der Waals surface area (Å²) in [6.45, 7) is 1.36. The number of ether oxygens (including phenoxy) is 1. The van der Waals surface area contributed by atoms with Crippen molar-refractivity contribution < 1.29 is 24.2 Å². The lowest BCUT2D eigenvalue weighted by Gasteiger charge is -2.24. The predicted molar refractivity (Wildman–Crippen MR) is 136 cm³/mol. The molecule has 10 heteroatoms. The second-order valence-corrected chi connectivity index (χ2v) is 9.90. The van der Waals surface area contributed by atoms with Gasteiger partial charge in [0.25, 0.3) is 0 Å². The van der Waals surface area contributed by atoms with E-state index in [-0.39, 0.29) is 13.0 Å². The molecule has 0 unspecified atom stereocenters. The summed E-state index contributed by atoms with van der Waals surface area (Å²) >= 11 is 3.10. The largest absolute Gasteiger partial charge is 0.480 e. The Bertz CT molecular complexity index is 1010. The lowest BCUT2D eigenvalue weighted by atomic mass is 10.1. The van der Waals surface area contributed by atoms with Crippen molar-refractivity contribution >= 4 is 40.8 Å². The fourth-order valence-electron chi connectivity index (χ4n) is 3.32. The molecule has 1 atom stereocenters. The van der Waals surface area contributed by atoms with Crippen molar-refractivity contribution in [2.45, 2.75) is 45.0 Å². The van der Waals surface area contributed by atoms with E-state index >= 15 is 0 Å². The highest BCUT2D eigenvalue weighted by atomic mass is 32.1. The number of carboxylic acid groups (broad SMARTS) is 1. The van der Waals surface area contributed by atoms with Gasteiger partial charge in [-0.1, -0.05) is 42.5 Å². The molecule has 8 nitrogen and oxygen atoms in total. The molecule has 3 amide bonds. The van der Waals surface area contributed by atoms with Crippen molar-refractivity contribution in [1.82, 2.24) is 15.5 Å². The second-order valence-electron chi connectivity index (χ2n) is 7.84. The maximum Gasteiger partial charge on any atom is 0.407 e. The molecule has 3 aromatic rings. The van der Waals surface area contributed by atoms with Crippen LogP contribution in [0.5, 0.6) is 0 Å². The number of carbonyl (C=O) groups excluding carboxylic acids is 2. The molecule has 186 valence electrons. The summed E-state index contributed by atoms with van der Waals surface area (Å²) in [5.74, 6) is -1.08. The van der Waals surface area contributed by atoms with Crippen molar-refractivity contribution in [3.8, 4) is 0 Å². The van der Waals surface area contributed by atoms with E-state index in [1.807, 2.05) is 65.4 Å². The van der Waals surface area contributed by atoms with E-state index in [9.17, 15) is 19.5 Å². The lowest BCUT2D eigenvalue weighted by molar-refractivity contribution is -0.139. The van der Waals surface area contributed by atoms with Crippen LogP contribution in [0, 0.1) is 0 Å². The highest BCUT2D eigenvalue weighted by Crippen LogP contribution is 2.17. The Morgan fingerprint density at radius 2 is 1.57 bits per heavy atom. The van der Waals surface area contributed by atoms with Crippen molar-refractivity contribution in [3.05, 3.63) is 80.7 Å². The van der Waals surface area contributed by atoms with E-state index in [2.05, 4.69) is 10.6 Å². The Morgan fingerprint density at radius 3 is 2.14 bits per heavy atom. The number of carboxylic acids is 1. The van der Waals surface area contributed by atoms with Gasteiger partial charge in [0.1, 0.15) is 12.6 Å². The number of aliphatic carboxylic acids is 1. The van der Waals surface area contributed by atoms with Gasteiger partial charge in [-0.3, -0.25) is 0 Å². The molecule has 3 rings (SSSR count). The number of nitrogens with one attached hydrogen (secondary N) is 2. The van der Waals surface area contributed by atoms with Gasteiger partial charge >= 0.3 is 18.1 Å². The number of amides is 3. The van der Waals surface area contributed by atoms with Gasteiger partial charge in [0, 0.05) is 16.3 Å². The van der Waals surface area contributed by atoms with Crippen LogP contribution in [0.2, 0.25) is 0 Å². The lowest BCUT2D eigenvalue weighted by Crippen LogP contribution is -2.47. The molecule has 0 aliphatic carbocycles. The second kappa shape index (κ2) is 14.1. The Hall–Kier alpha value is -3.37. The first-order valence-electron chi connectivity index (χ1n) is 11.3. The number of alkyl carbamates (subject to hydrolysis) is 1. The van der Waals surface area contributed by atoms with Crippen LogP contribution in [-0.4, -0.2) is 40.7 Å². The Kier molecular flexibility index (Phi) is 10.6. The molecule has 35 heavy (non-hydrogen) atoms. The summed E-state index contributed by atoms with van der Waals surface area (Å²) in [5.41, 5.74) is 0.898. The highest BCUT2D eigenvalue weighted by molar-refractivity contribution is 7.10. The third-order valence-corrected chi connectivity index (χ3v) is 6.86. The van der Waals surface area contributed by atoms with Crippen LogP contribution in [0.3, 0.4) is 0 Å². The first-order chi connectivity index (χ1) is 17.0. The predicted octanol–water partition coefficient (Wildman–Crippen LogP) is 5.07. The third kappa shape index (κ3) is 9.42. The zero-order chi connectivity index (χ0) is 24.9. The summed E-state index contributed by atoms with van der Waals surface area (Å²) in [6.07, 6.45) is 0.822. The van der Waals surface area contributed by atoms with Gasteiger partial charge in [0.05, 0.1) is 13.1 Å². The van der Waals surface area contributed by atoms with Crippen molar-refractivity contribution in [2.24, 2.45) is 0 Å². The first kappa shape index (κ1) is 26.2. The van der Waals surface area contributed by atoms with Crippen LogP contribution in [0.1, 0.15) is 34.6 Å². The zero-order valence-corrected chi connectivity index (χ0v) is 20.9. The topological polar surface area (TPSA) is 108 Å². The van der Waals surface area contributed by atoms with Crippen molar-refractivity contribution in [1.29, 1.82) is 0 Å². The fraction of sp³-hybridized carbons (Fsp3) is 0.320. The van der Waals surface area contributed by atoms with Gasteiger partial charge < -0.3 is 25.4 Å².